The molecule has 0 spiro atoms. The molecule has 5 nitrogen and oxygen atoms in total. The van der Waals surface area contributed by atoms with Gasteiger partial charge in [0.1, 0.15) is 17.1 Å². The minimum absolute atomic E-state index is 0.210. The van der Waals surface area contributed by atoms with Crippen molar-refractivity contribution in [1.82, 2.24) is 14.9 Å². The smallest absolute Gasteiger partial charge is 0.410 e. The zero-order valence-electron chi connectivity index (χ0n) is 13.5. The Morgan fingerprint density at radius 2 is 2.14 bits per heavy atom. The normalized spacial score (nSPS) is 19.6. The summed E-state index contributed by atoms with van der Waals surface area (Å²) in [6.07, 6.45) is 5.20. The summed E-state index contributed by atoms with van der Waals surface area (Å²) in [6, 6.07) is 1.82. The second-order valence-corrected chi connectivity index (χ2v) is 7.19. The first-order valence-corrected chi connectivity index (χ1v) is 8.15. The highest BCUT2D eigenvalue weighted by Crippen LogP contribution is 2.23. The summed E-state index contributed by atoms with van der Waals surface area (Å²) in [7, 11) is 0. The molecule has 0 aromatic carbocycles. The third kappa shape index (κ3) is 5.44. The molecule has 22 heavy (non-hydrogen) atoms. The number of carbonyl (C=O) groups is 1. The Labute approximate surface area is 137 Å². The third-order valence-corrected chi connectivity index (χ3v) is 3.89. The van der Waals surface area contributed by atoms with Crippen molar-refractivity contribution in [2.75, 3.05) is 13.1 Å². The molecule has 6 heteroatoms. The first-order valence-electron chi connectivity index (χ1n) is 7.78. The van der Waals surface area contributed by atoms with Gasteiger partial charge >= 0.3 is 6.09 Å². The van der Waals surface area contributed by atoms with Crippen molar-refractivity contribution in [2.45, 2.75) is 52.1 Å². The van der Waals surface area contributed by atoms with Gasteiger partial charge in [-0.05, 0) is 58.4 Å². The molecule has 0 bridgehead atoms. The van der Waals surface area contributed by atoms with Gasteiger partial charge in [0.15, 0.2) is 0 Å². The number of likely N-dealkylation sites (tertiary alicyclic amines) is 1. The fourth-order valence-electron chi connectivity index (χ4n) is 2.66. The van der Waals surface area contributed by atoms with Crippen molar-refractivity contribution >= 4 is 17.7 Å². The van der Waals surface area contributed by atoms with E-state index in [0.717, 1.165) is 44.5 Å². The first-order chi connectivity index (χ1) is 10.3. The highest BCUT2D eigenvalue weighted by molar-refractivity contribution is 6.29. The molecule has 1 unspecified atom stereocenters. The lowest BCUT2D eigenvalue weighted by atomic mass is 9.95. The molecule has 1 aromatic heterocycles. The van der Waals surface area contributed by atoms with E-state index >= 15 is 0 Å². The van der Waals surface area contributed by atoms with Crippen LogP contribution >= 0.6 is 11.6 Å². The summed E-state index contributed by atoms with van der Waals surface area (Å²) >= 11 is 5.90. The van der Waals surface area contributed by atoms with Crippen LogP contribution in [0.4, 0.5) is 4.79 Å². The average molecular weight is 326 g/mol. The number of hydrogen-bond donors (Lipinski definition) is 0. The first kappa shape index (κ1) is 17.0. The topological polar surface area (TPSA) is 55.3 Å². The average Bonchev–Trinajstić information content (AvgIpc) is 2.62. The van der Waals surface area contributed by atoms with Crippen LogP contribution in [0, 0.1) is 5.92 Å². The van der Waals surface area contributed by atoms with Gasteiger partial charge in [0.05, 0.1) is 0 Å². The fraction of sp³-hybridized carbons (Fsp3) is 0.688. The molecule has 1 atom stereocenters. The van der Waals surface area contributed by atoms with E-state index in [1.54, 1.807) is 0 Å². The van der Waals surface area contributed by atoms with E-state index in [4.69, 9.17) is 16.3 Å². The van der Waals surface area contributed by atoms with Crippen molar-refractivity contribution in [3.05, 3.63) is 23.2 Å². The Kier molecular flexibility index (Phi) is 5.62. The van der Waals surface area contributed by atoms with E-state index in [2.05, 4.69) is 9.97 Å². The van der Waals surface area contributed by atoms with Gasteiger partial charge in [-0.2, -0.15) is 0 Å². The molecule has 1 amide bonds. The van der Waals surface area contributed by atoms with Gasteiger partial charge in [0.25, 0.3) is 0 Å². The predicted octanol–water partition coefficient (Wildman–Crippen LogP) is 3.71. The van der Waals surface area contributed by atoms with E-state index in [9.17, 15) is 4.79 Å². The van der Waals surface area contributed by atoms with Crippen molar-refractivity contribution in [3.8, 4) is 0 Å². The number of ether oxygens (including phenoxy) is 1. The lowest BCUT2D eigenvalue weighted by Gasteiger charge is -2.26. The Hall–Kier alpha value is -1.36. The summed E-state index contributed by atoms with van der Waals surface area (Å²) in [5.74, 6) is 0.512. The number of hydrogen-bond acceptors (Lipinski definition) is 4. The quantitative estimate of drug-likeness (QED) is 0.778. The van der Waals surface area contributed by atoms with Crippen molar-refractivity contribution in [2.24, 2.45) is 5.92 Å². The monoisotopic (exact) mass is 325 g/mol. The van der Waals surface area contributed by atoms with Crippen LogP contribution in [-0.4, -0.2) is 39.7 Å². The minimum Gasteiger partial charge on any atom is -0.444 e. The SMILES string of the molecule is CC(C)(C)OC(=O)N1CCCC(Cc2cc(Cl)ncn2)CC1. The number of amides is 1. The molecule has 1 saturated heterocycles. The molecule has 2 rings (SSSR count). The zero-order valence-corrected chi connectivity index (χ0v) is 14.3. The Morgan fingerprint density at radius 1 is 1.36 bits per heavy atom. The summed E-state index contributed by atoms with van der Waals surface area (Å²) < 4.78 is 5.45. The Bertz CT molecular complexity index is 516. The standard InChI is InChI=1S/C16H24ClN3O2/c1-16(2,3)22-15(21)20-7-4-5-12(6-8-20)9-13-10-14(17)19-11-18-13/h10-12H,4-9H2,1-3H3. The lowest BCUT2D eigenvalue weighted by Crippen LogP contribution is -2.37. The molecule has 2 heterocycles. The minimum atomic E-state index is -0.444. The molecule has 0 saturated carbocycles. The van der Waals surface area contributed by atoms with E-state index in [1.807, 2.05) is 31.7 Å². The largest absolute Gasteiger partial charge is 0.444 e. The van der Waals surface area contributed by atoms with Gasteiger partial charge in [-0.1, -0.05) is 11.6 Å². The molecular formula is C16H24ClN3O2. The van der Waals surface area contributed by atoms with Crippen molar-refractivity contribution in [1.29, 1.82) is 0 Å². The fourth-order valence-corrected chi connectivity index (χ4v) is 2.83. The number of rotatable bonds is 2. The highest BCUT2D eigenvalue weighted by atomic mass is 35.5. The molecule has 122 valence electrons. The Morgan fingerprint density at radius 3 is 2.82 bits per heavy atom. The molecule has 1 fully saturated rings. The number of aromatic nitrogens is 2. The van der Waals surface area contributed by atoms with E-state index in [1.165, 1.54) is 6.33 Å². The molecule has 0 aliphatic carbocycles. The molecular weight excluding hydrogens is 302 g/mol. The van der Waals surface area contributed by atoms with Crippen molar-refractivity contribution < 1.29 is 9.53 Å². The maximum Gasteiger partial charge on any atom is 0.410 e. The van der Waals surface area contributed by atoms with Gasteiger partial charge in [-0.15, -0.1) is 0 Å². The van der Waals surface area contributed by atoms with Gasteiger partial charge < -0.3 is 9.64 Å². The highest BCUT2D eigenvalue weighted by Gasteiger charge is 2.25. The molecule has 0 N–H and O–H groups in total. The Balaban J connectivity index is 1.88. The predicted molar refractivity (Wildman–Crippen MR) is 85.9 cm³/mol. The third-order valence-electron chi connectivity index (χ3n) is 3.69. The second-order valence-electron chi connectivity index (χ2n) is 6.80. The number of carbonyl (C=O) groups excluding carboxylic acids is 1. The van der Waals surface area contributed by atoms with Crippen LogP contribution in [0.1, 0.15) is 45.7 Å². The lowest BCUT2D eigenvalue weighted by molar-refractivity contribution is 0.0255. The van der Waals surface area contributed by atoms with Crippen LogP contribution < -0.4 is 0 Å². The van der Waals surface area contributed by atoms with E-state index < -0.39 is 5.60 Å². The summed E-state index contributed by atoms with van der Waals surface area (Å²) in [4.78, 5) is 22.1. The van der Waals surface area contributed by atoms with Crippen LogP contribution in [0.3, 0.4) is 0 Å². The second kappa shape index (κ2) is 7.27. The van der Waals surface area contributed by atoms with Gasteiger partial charge in [0, 0.05) is 18.8 Å². The van der Waals surface area contributed by atoms with Gasteiger partial charge in [-0.3, -0.25) is 0 Å². The zero-order chi connectivity index (χ0) is 16.2. The van der Waals surface area contributed by atoms with Crippen LogP contribution in [0.2, 0.25) is 5.15 Å². The summed E-state index contributed by atoms with van der Waals surface area (Å²) in [5, 5.41) is 0.481. The number of nitrogens with zero attached hydrogens (tertiary/aromatic N) is 3. The maximum absolute atomic E-state index is 12.1. The van der Waals surface area contributed by atoms with Crippen LogP contribution in [0.15, 0.2) is 12.4 Å². The maximum atomic E-state index is 12.1. The molecule has 1 aromatic rings. The van der Waals surface area contributed by atoms with E-state index in [0.29, 0.717) is 11.1 Å². The van der Waals surface area contributed by atoms with Crippen LogP contribution in [0.5, 0.6) is 0 Å². The molecule has 0 radical (unpaired) electrons. The van der Waals surface area contributed by atoms with Crippen LogP contribution in [0.25, 0.3) is 0 Å². The molecule has 1 aliphatic heterocycles. The van der Waals surface area contributed by atoms with Gasteiger partial charge in [0.2, 0.25) is 0 Å². The number of halogens is 1. The van der Waals surface area contributed by atoms with Crippen LogP contribution in [-0.2, 0) is 11.2 Å². The van der Waals surface area contributed by atoms with Crippen molar-refractivity contribution in [3.63, 3.8) is 0 Å². The van der Waals surface area contributed by atoms with Gasteiger partial charge in [-0.25, -0.2) is 14.8 Å². The van der Waals surface area contributed by atoms with E-state index in [-0.39, 0.29) is 6.09 Å². The summed E-state index contributed by atoms with van der Waals surface area (Å²) in [5.41, 5.74) is 0.524. The summed E-state index contributed by atoms with van der Waals surface area (Å²) in [6.45, 7) is 7.17. The molecule has 1 aliphatic rings.